The van der Waals surface area contributed by atoms with Gasteiger partial charge in [0.15, 0.2) is 0 Å². The third kappa shape index (κ3) is 4.68. The first kappa shape index (κ1) is 18.2. The van der Waals surface area contributed by atoms with Crippen LogP contribution in [0.15, 0.2) is 41.8 Å². The SMILES string of the molecule is Cc1ccc(C(C)NC(=O)C(NC(=O)c2cccs2)C(C)C)cc1. The molecule has 2 amide bonds. The number of hydrogen-bond acceptors (Lipinski definition) is 3. The molecule has 1 aromatic carbocycles. The third-order valence-corrected chi connectivity index (χ3v) is 4.79. The molecule has 2 atom stereocenters. The van der Waals surface area contributed by atoms with E-state index in [0.717, 1.165) is 5.56 Å². The first-order valence-corrected chi connectivity index (χ1v) is 8.97. The molecule has 0 fully saturated rings. The molecule has 24 heavy (non-hydrogen) atoms. The van der Waals surface area contributed by atoms with Crippen molar-refractivity contribution in [2.45, 2.75) is 39.8 Å². The molecule has 1 heterocycles. The van der Waals surface area contributed by atoms with Crippen LogP contribution in [0.5, 0.6) is 0 Å². The highest BCUT2D eigenvalue weighted by molar-refractivity contribution is 7.12. The van der Waals surface area contributed by atoms with Crippen LogP contribution in [0, 0.1) is 12.8 Å². The van der Waals surface area contributed by atoms with Crippen LogP contribution < -0.4 is 10.6 Å². The van der Waals surface area contributed by atoms with Crippen molar-refractivity contribution in [3.8, 4) is 0 Å². The summed E-state index contributed by atoms with van der Waals surface area (Å²) < 4.78 is 0. The van der Waals surface area contributed by atoms with Gasteiger partial charge in [0.05, 0.1) is 10.9 Å². The molecule has 1 aromatic heterocycles. The number of nitrogens with one attached hydrogen (secondary N) is 2. The molecule has 128 valence electrons. The average Bonchev–Trinajstić information content (AvgIpc) is 3.07. The smallest absolute Gasteiger partial charge is 0.262 e. The van der Waals surface area contributed by atoms with Gasteiger partial charge in [0.1, 0.15) is 6.04 Å². The van der Waals surface area contributed by atoms with Crippen LogP contribution >= 0.6 is 11.3 Å². The molecule has 0 spiro atoms. The maximum absolute atomic E-state index is 12.6. The predicted octanol–water partition coefficient (Wildman–Crippen LogP) is 3.69. The van der Waals surface area contributed by atoms with Crippen molar-refractivity contribution in [2.75, 3.05) is 0 Å². The monoisotopic (exact) mass is 344 g/mol. The van der Waals surface area contributed by atoms with Gasteiger partial charge in [-0.3, -0.25) is 9.59 Å². The fraction of sp³-hybridized carbons (Fsp3) is 0.368. The van der Waals surface area contributed by atoms with Gasteiger partial charge < -0.3 is 10.6 Å². The Balaban J connectivity index is 2.03. The van der Waals surface area contributed by atoms with Crippen molar-refractivity contribution in [2.24, 2.45) is 5.92 Å². The molecule has 5 heteroatoms. The van der Waals surface area contributed by atoms with Gasteiger partial charge in [-0.05, 0) is 36.8 Å². The maximum Gasteiger partial charge on any atom is 0.262 e. The minimum Gasteiger partial charge on any atom is -0.348 e. The Morgan fingerprint density at radius 1 is 1.00 bits per heavy atom. The van der Waals surface area contributed by atoms with Gasteiger partial charge in [-0.25, -0.2) is 0 Å². The Morgan fingerprint density at radius 2 is 1.67 bits per heavy atom. The summed E-state index contributed by atoms with van der Waals surface area (Å²) >= 11 is 1.36. The maximum atomic E-state index is 12.6. The number of thiophene rings is 1. The lowest BCUT2D eigenvalue weighted by Crippen LogP contribution is -2.50. The lowest BCUT2D eigenvalue weighted by molar-refractivity contribution is -0.124. The molecule has 0 aliphatic heterocycles. The van der Waals surface area contributed by atoms with E-state index in [1.54, 1.807) is 6.07 Å². The number of aryl methyl sites for hydroxylation is 1. The number of amides is 2. The summed E-state index contributed by atoms with van der Waals surface area (Å²) in [7, 11) is 0. The van der Waals surface area contributed by atoms with E-state index in [-0.39, 0.29) is 23.8 Å². The minimum atomic E-state index is -0.563. The van der Waals surface area contributed by atoms with Gasteiger partial charge in [-0.15, -0.1) is 11.3 Å². The number of rotatable bonds is 6. The van der Waals surface area contributed by atoms with E-state index >= 15 is 0 Å². The van der Waals surface area contributed by atoms with Crippen molar-refractivity contribution in [1.29, 1.82) is 0 Å². The van der Waals surface area contributed by atoms with Crippen LogP contribution in [-0.4, -0.2) is 17.9 Å². The van der Waals surface area contributed by atoms with Crippen molar-refractivity contribution < 1.29 is 9.59 Å². The standard InChI is InChI=1S/C19H24N2O2S/c1-12(2)17(21-18(22)16-6-5-11-24-16)19(23)20-14(4)15-9-7-13(3)8-10-15/h5-12,14,17H,1-4H3,(H,20,23)(H,21,22). The second-order valence-electron chi connectivity index (χ2n) is 6.31. The van der Waals surface area contributed by atoms with Crippen LogP contribution in [0.3, 0.4) is 0 Å². The number of benzene rings is 1. The first-order valence-electron chi connectivity index (χ1n) is 8.09. The van der Waals surface area contributed by atoms with E-state index in [9.17, 15) is 9.59 Å². The predicted molar refractivity (Wildman–Crippen MR) is 98.1 cm³/mol. The zero-order valence-electron chi connectivity index (χ0n) is 14.5. The Kier molecular flexibility index (Phi) is 6.15. The second-order valence-corrected chi connectivity index (χ2v) is 7.26. The quantitative estimate of drug-likeness (QED) is 0.840. The summed E-state index contributed by atoms with van der Waals surface area (Å²) in [6.45, 7) is 7.83. The molecular weight excluding hydrogens is 320 g/mol. The van der Waals surface area contributed by atoms with Gasteiger partial charge >= 0.3 is 0 Å². The van der Waals surface area contributed by atoms with Crippen LogP contribution in [0.4, 0.5) is 0 Å². The van der Waals surface area contributed by atoms with Gasteiger partial charge in [0.2, 0.25) is 5.91 Å². The molecule has 2 aromatic rings. The summed E-state index contributed by atoms with van der Waals surface area (Å²) in [6.07, 6.45) is 0. The molecule has 2 unspecified atom stereocenters. The summed E-state index contributed by atoms with van der Waals surface area (Å²) in [5, 5.41) is 7.69. The summed E-state index contributed by atoms with van der Waals surface area (Å²) in [5.41, 5.74) is 2.22. The Hall–Kier alpha value is -2.14. The van der Waals surface area contributed by atoms with Crippen LogP contribution in [0.2, 0.25) is 0 Å². The molecule has 0 bridgehead atoms. The molecule has 0 saturated heterocycles. The van der Waals surface area contributed by atoms with Gasteiger partial charge in [0.25, 0.3) is 5.91 Å². The molecule has 0 aliphatic rings. The van der Waals surface area contributed by atoms with Gasteiger partial charge in [-0.1, -0.05) is 49.7 Å². The minimum absolute atomic E-state index is 0.000806. The molecule has 2 rings (SSSR count). The zero-order chi connectivity index (χ0) is 17.7. The van der Waals surface area contributed by atoms with Crippen LogP contribution in [0.25, 0.3) is 0 Å². The molecule has 0 radical (unpaired) electrons. The van der Waals surface area contributed by atoms with Crippen LogP contribution in [-0.2, 0) is 4.79 Å². The van der Waals surface area contributed by atoms with Gasteiger partial charge in [-0.2, -0.15) is 0 Å². The lowest BCUT2D eigenvalue weighted by atomic mass is 10.0. The Labute approximate surface area is 147 Å². The molecule has 2 N–H and O–H groups in total. The van der Waals surface area contributed by atoms with E-state index in [0.29, 0.717) is 4.88 Å². The molecular formula is C19H24N2O2S. The Morgan fingerprint density at radius 3 is 2.21 bits per heavy atom. The Bertz CT molecular complexity index is 678. The van der Waals surface area contributed by atoms with Gasteiger partial charge in [0, 0.05) is 0 Å². The van der Waals surface area contributed by atoms with Crippen molar-refractivity contribution in [1.82, 2.24) is 10.6 Å². The van der Waals surface area contributed by atoms with E-state index in [1.807, 2.05) is 63.4 Å². The summed E-state index contributed by atoms with van der Waals surface area (Å²) in [6, 6.07) is 11.0. The largest absolute Gasteiger partial charge is 0.348 e. The molecule has 0 aliphatic carbocycles. The number of carbonyl (C=O) groups excluding carboxylic acids is 2. The number of hydrogen-bond donors (Lipinski definition) is 2. The van der Waals surface area contributed by atoms with E-state index in [1.165, 1.54) is 16.9 Å². The van der Waals surface area contributed by atoms with Crippen molar-refractivity contribution >= 4 is 23.2 Å². The topological polar surface area (TPSA) is 58.2 Å². The van der Waals surface area contributed by atoms with E-state index in [2.05, 4.69) is 10.6 Å². The zero-order valence-corrected chi connectivity index (χ0v) is 15.3. The van der Waals surface area contributed by atoms with Crippen LogP contribution in [0.1, 0.15) is 47.6 Å². The number of carbonyl (C=O) groups is 2. The highest BCUT2D eigenvalue weighted by atomic mass is 32.1. The normalized spacial score (nSPS) is 13.4. The third-order valence-electron chi connectivity index (χ3n) is 3.92. The molecule has 0 saturated carbocycles. The molecule has 4 nitrogen and oxygen atoms in total. The highest BCUT2D eigenvalue weighted by Gasteiger charge is 2.26. The van der Waals surface area contributed by atoms with Crippen molar-refractivity contribution in [3.63, 3.8) is 0 Å². The van der Waals surface area contributed by atoms with E-state index in [4.69, 9.17) is 0 Å². The fourth-order valence-corrected chi connectivity index (χ4v) is 3.02. The van der Waals surface area contributed by atoms with Crippen molar-refractivity contribution in [3.05, 3.63) is 57.8 Å². The lowest BCUT2D eigenvalue weighted by Gasteiger charge is -2.24. The summed E-state index contributed by atoms with van der Waals surface area (Å²) in [4.78, 5) is 25.5. The van der Waals surface area contributed by atoms with E-state index < -0.39 is 6.04 Å². The summed E-state index contributed by atoms with van der Waals surface area (Å²) in [5.74, 6) is -0.371. The first-order chi connectivity index (χ1) is 11.4. The second kappa shape index (κ2) is 8.11. The highest BCUT2D eigenvalue weighted by Crippen LogP contribution is 2.15. The average molecular weight is 344 g/mol. The fourth-order valence-electron chi connectivity index (χ4n) is 2.40.